The maximum Gasteiger partial charge on any atom is 0.332 e. The molecule has 0 spiro atoms. The summed E-state index contributed by atoms with van der Waals surface area (Å²) in [4.78, 5) is 50.0. The molecule has 0 bridgehead atoms. The predicted molar refractivity (Wildman–Crippen MR) is 138 cm³/mol. The van der Waals surface area contributed by atoms with Crippen LogP contribution in [-0.2, 0) is 25.3 Å². The predicted octanol–water partition coefficient (Wildman–Crippen LogP) is 3.07. The molecule has 0 atom stereocenters. The fourth-order valence-electron chi connectivity index (χ4n) is 4.37. The van der Waals surface area contributed by atoms with Crippen molar-refractivity contribution in [2.45, 2.75) is 24.8 Å². The molecule has 0 aliphatic carbocycles. The van der Waals surface area contributed by atoms with Crippen LogP contribution in [0.25, 0.3) is 22.4 Å². The Morgan fingerprint density at radius 3 is 2.51 bits per heavy atom. The second-order valence-corrected chi connectivity index (χ2v) is 9.65. The van der Waals surface area contributed by atoms with Crippen molar-refractivity contribution in [2.75, 3.05) is 17.2 Å². The third-order valence-corrected chi connectivity index (χ3v) is 7.28. The van der Waals surface area contributed by atoms with Crippen LogP contribution in [0.1, 0.15) is 17.5 Å². The molecule has 1 amide bonds. The number of aromatic nitrogens is 4. The normalized spacial score (nSPS) is 13.2. The standard InChI is InChI=1S/C26H25N5O3S/c1-16-10-12-18(13-11-16)22-27-23-21(25(33)30(3)26(34)29(23)2)24(28-22)35-15-20(32)31-14-6-8-17-7-4-5-9-19(17)31/h4-5,7,9-13H,6,8,14-15H2,1-3H3. The molecule has 2 aromatic heterocycles. The van der Waals surface area contributed by atoms with Gasteiger partial charge in [-0.1, -0.05) is 59.8 Å². The Labute approximate surface area is 206 Å². The van der Waals surface area contributed by atoms with E-state index < -0.39 is 11.2 Å². The van der Waals surface area contributed by atoms with E-state index in [2.05, 4.69) is 16.0 Å². The van der Waals surface area contributed by atoms with Crippen molar-refractivity contribution in [3.8, 4) is 11.4 Å². The molecule has 0 unspecified atom stereocenters. The van der Waals surface area contributed by atoms with Gasteiger partial charge in [0.2, 0.25) is 5.91 Å². The van der Waals surface area contributed by atoms with E-state index in [1.54, 1.807) is 7.05 Å². The zero-order valence-corrected chi connectivity index (χ0v) is 20.6. The topological polar surface area (TPSA) is 90.1 Å². The van der Waals surface area contributed by atoms with Gasteiger partial charge >= 0.3 is 5.69 Å². The Kier molecular flexibility index (Phi) is 6.02. The summed E-state index contributed by atoms with van der Waals surface area (Å²) in [6, 6.07) is 15.7. The molecule has 0 saturated heterocycles. The van der Waals surface area contributed by atoms with Gasteiger partial charge in [-0.25, -0.2) is 14.8 Å². The van der Waals surface area contributed by atoms with Crippen LogP contribution in [0.4, 0.5) is 5.69 Å². The van der Waals surface area contributed by atoms with Gasteiger partial charge in [-0.15, -0.1) is 0 Å². The zero-order chi connectivity index (χ0) is 24.7. The summed E-state index contributed by atoms with van der Waals surface area (Å²) in [5.41, 5.74) is 3.28. The van der Waals surface area contributed by atoms with Gasteiger partial charge in [0.25, 0.3) is 5.56 Å². The van der Waals surface area contributed by atoms with Crippen molar-refractivity contribution in [1.29, 1.82) is 0 Å². The molecule has 8 nitrogen and oxygen atoms in total. The van der Waals surface area contributed by atoms with Gasteiger partial charge in [-0.2, -0.15) is 0 Å². The highest BCUT2D eigenvalue weighted by Gasteiger charge is 2.24. The molecule has 1 aliphatic heterocycles. The second kappa shape index (κ2) is 9.14. The van der Waals surface area contributed by atoms with Crippen LogP contribution in [0.5, 0.6) is 0 Å². The van der Waals surface area contributed by atoms with Crippen molar-refractivity contribution in [3.05, 3.63) is 80.5 Å². The molecule has 2 aromatic carbocycles. The van der Waals surface area contributed by atoms with Gasteiger partial charge in [0, 0.05) is 31.9 Å². The lowest BCUT2D eigenvalue weighted by molar-refractivity contribution is -0.116. The highest BCUT2D eigenvalue weighted by molar-refractivity contribution is 8.00. The van der Waals surface area contributed by atoms with Gasteiger partial charge < -0.3 is 4.90 Å². The van der Waals surface area contributed by atoms with E-state index in [4.69, 9.17) is 0 Å². The molecular formula is C26H25N5O3S. The summed E-state index contributed by atoms with van der Waals surface area (Å²) in [5.74, 6) is 0.464. The van der Waals surface area contributed by atoms with Gasteiger partial charge in [0.05, 0.1) is 5.75 Å². The summed E-state index contributed by atoms with van der Waals surface area (Å²) in [7, 11) is 3.02. The first-order valence-electron chi connectivity index (χ1n) is 11.4. The lowest BCUT2D eigenvalue weighted by Gasteiger charge is -2.29. The molecular weight excluding hydrogens is 462 g/mol. The Morgan fingerprint density at radius 1 is 1.00 bits per heavy atom. The number of nitrogens with zero attached hydrogens (tertiary/aromatic N) is 5. The van der Waals surface area contributed by atoms with Gasteiger partial charge in [-0.3, -0.25) is 18.7 Å². The lowest BCUT2D eigenvalue weighted by atomic mass is 10.0. The van der Waals surface area contributed by atoms with E-state index in [1.165, 1.54) is 23.4 Å². The fourth-order valence-corrected chi connectivity index (χ4v) is 5.26. The average Bonchev–Trinajstić information content (AvgIpc) is 2.88. The maximum absolute atomic E-state index is 13.3. The minimum atomic E-state index is -0.475. The largest absolute Gasteiger partial charge is 0.332 e. The van der Waals surface area contributed by atoms with Crippen molar-refractivity contribution < 1.29 is 4.79 Å². The number of hydrogen-bond donors (Lipinski definition) is 0. The molecule has 9 heteroatoms. The first-order chi connectivity index (χ1) is 16.8. The van der Waals surface area contributed by atoms with Crippen LogP contribution >= 0.6 is 11.8 Å². The van der Waals surface area contributed by atoms with Crippen LogP contribution in [0, 0.1) is 6.92 Å². The number of hydrogen-bond acceptors (Lipinski definition) is 6. The third kappa shape index (κ3) is 4.16. The van der Waals surface area contributed by atoms with Crippen LogP contribution in [0.2, 0.25) is 0 Å². The highest BCUT2D eigenvalue weighted by atomic mass is 32.2. The number of amides is 1. The lowest BCUT2D eigenvalue weighted by Crippen LogP contribution is -2.38. The smallest absolute Gasteiger partial charge is 0.311 e. The molecule has 3 heterocycles. The molecule has 0 radical (unpaired) electrons. The molecule has 5 rings (SSSR count). The molecule has 4 aromatic rings. The van der Waals surface area contributed by atoms with Crippen LogP contribution < -0.4 is 16.1 Å². The number of benzene rings is 2. The molecule has 35 heavy (non-hydrogen) atoms. The van der Waals surface area contributed by atoms with E-state index in [0.29, 0.717) is 17.4 Å². The average molecular weight is 488 g/mol. The quantitative estimate of drug-likeness (QED) is 0.325. The van der Waals surface area contributed by atoms with Gasteiger partial charge in [0.1, 0.15) is 10.4 Å². The van der Waals surface area contributed by atoms with Crippen molar-refractivity contribution in [3.63, 3.8) is 0 Å². The number of fused-ring (bicyclic) bond motifs is 2. The summed E-state index contributed by atoms with van der Waals surface area (Å²) in [6.07, 6.45) is 1.86. The Balaban J connectivity index is 1.57. The Bertz CT molecular complexity index is 1570. The molecule has 0 N–H and O–H groups in total. The Hall–Kier alpha value is -3.72. The minimum Gasteiger partial charge on any atom is -0.311 e. The number of aryl methyl sites for hydroxylation is 3. The van der Waals surface area contributed by atoms with E-state index in [1.807, 2.05) is 54.3 Å². The van der Waals surface area contributed by atoms with Gasteiger partial charge in [0.15, 0.2) is 11.5 Å². The fraction of sp³-hybridized carbons (Fsp3) is 0.269. The second-order valence-electron chi connectivity index (χ2n) is 8.69. The van der Waals surface area contributed by atoms with Crippen LogP contribution in [0.3, 0.4) is 0 Å². The van der Waals surface area contributed by atoms with E-state index >= 15 is 0 Å². The van der Waals surface area contributed by atoms with Crippen molar-refractivity contribution in [1.82, 2.24) is 19.1 Å². The highest BCUT2D eigenvalue weighted by Crippen LogP contribution is 2.30. The maximum atomic E-state index is 13.3. The summed E-state index contributed by atoms with van der Waals surface area (Å²) in [6.45, 7) is 2.65. The Morgan fingerprint density at radius 2 is 1.74 bits per heavy atom. The van der Waals surface area contributed by atoms with Crippen LogP contribution in [0.15, 0.2) is 63.1 Å². The molecule has 0 saturated carbocycles. The van der Waals surface area contributed by atoms with Crippen molar-refractivity contribution >= 4 is 34.4 Å². The molecule has 1 aliphatic rings. The van der Waals surface area contributed by atoms with E-state index in [0.717, 1.165) is 39.8 Å². The molecule has 178 valence electrons. The number of thioether (sulfide) groups is 1. The zero-order valence-electron chi connectivity index (χ0n) is 19.8. The van der Waals surface area contributed by atoms with Gasteiger partial charge in [-0.05, 0) is 31.4 Å². The number of rotatable bonds is 4. The van der Waals surface area contributed by atoms with E-state index in [-0.39, 0.29) is 22.7 Å². The summed E-state index contributed by atoms with van der Waals surface area (Å²) in [5, 5.41) is 0.628. The van der Waals surface area contributed by atoms with Crippen molar-refractivity contribution in [2.24, 2.45) is 14.1 Å². The summed E-state index contributed by atoms with van der Waals surface area (Å²) < 4.78 is 2.40. The van der Waals surface area contributed by atoms with Crippen LogP contribution in [-0.4, -0.2) is 37.3 Å². The number of anilines is 1. The van der Waals surface area contributed by atoms with E-state index in [9.17, 15) is 14.4 Å². The summed E-state index contributed by atoms with van der Waals surface area (Å²) >= 11 is 1.20. The number of carbonyl (C=O) groups is 1. The first-order valence-corrected chi connectivity index (χ1v) is 12.4. The SMILES string of the molecule is Cc1ccc(-c2nc(SCC(=O)N3CCCc4ccccc43)c3c(=O)n(C)c(=O)n(C)c3n2)cc1. The monoisotopic (exact) mass is 487 g/mol. The number of para-hydroxylation sites is 1. The minimum absolute atomic E-state index is 0.0487. The number of carbonyl (C=O) groups excluding carboxylic acids is 1. The third-order valence-electron chi connectivity index (χ3n) is 6.32. The molecule has 0 fully saturated rings. The first kappa shape index (κ1) is 23.0.